The van der Waals surface area contributed by atoms with Crippen LogP contribution in [0.25, 0.3) is 0 Å². The summed E-state index contributed by atoms with van der Waals surface area (Å²) in [6, 6.07) is 13.6. The highest BCUT2D eigenvalue weighted by Gasteiger charge is 2.37. The minimum atomic E-state index is -0.737. The Balaban J connectivity index is 1.94. The maximum Gasteiger partial charge on any atom is 0.132 e. The molecule has 0 spiro atoms. The minimum absolute atomic E-state index is 0.0462. The maximum absolute atomic E-state index is 10.7. The van der Waals surface area contributed by atoms with Crippen LogP contribution in [0.2, 0.25) is 0 Å². The lowest BCUT2D eigenvalue weighted by atomic mass is 9.73. The number of benzene rings is 2. The number of aliphatic hydroxyl groups excluding tert-OH is 1. The van der Waals surface area contributed by atoms with Gasteiger partial charge in [-0.2, -0.15) is 0 Å². The summed E-state index contributed by atoms with van der Waals surface area (Å²) in [6.45, 7) is 5.75. The SMILES string of the molecule is C=C(C)C(O)c1ccccc1C1c2ccc(N)cc2OC2=CC(=N)C=CC21. The van der Waals surface area contributed by atoms with Gasteiger partial charge < -0.3 is 21.0 Å². The molecular formula is C23H22N2O2. The zero-order valence-corrected chi connectivity index (χ0v) is 15.1. The topological polar surface area (TPSA) is 79.3 Å². The van der Waals surface area contributed by atoms with E-state index in [0.717, 1.165) is 22.4 Å². The minimum Gasteiger partial charge on any atom is -0.461 e. The van der Waals surface area contributed by atoms with Crippen LogP contribution in [0.15, 0.2) is 78.6 Å². The molecule has 4 nitrogen and oxygen atoms in total. The van der Waals surface area contributed by atoms with Crippen LogP contribution in [-0.2, 0) is 0 Å². The molecule has 1 aliphatic heterocycles. The van der Waals surface area contributed by atoms with E-state index in [2.05, 4.69) is 6.58 Å². The van der Waals surface area contributed by atoms with Gasteiger partial charge in [-0.05, 0) is 35.8 Å². The lowest BCUT2D eigenvalue weighted by molar-refractivity contribution is 0.213. The van der Waals surface area contributed by atoms with E-state index in [9.17, 15) is 5.11 Å². The number of hydrogen-bond acceptors (Lipinski definition) is 4. The molecule has 3 unspecified atom stereocenters. The monoisotopic (exact) mass is 358 g/mol. The number of ether oxygens (including phenoxy) is 1. The van der Waals surface area contributed by atoms with Crippen molar-refractivity contribution in [1.29, 1.82) is 5.41 Å². The van der Waals surface area contributed by atoms with Crippen molar-refractivity contribution >= 4 is 11.4 Å². The van der Waals surface area contributed by atoms with E-state index in [1.54, 1.807) is 12.2 Å². The molecule has 0 bridgehead atoms. The molecule has 1 aliphatic carbocycles. The van der Waals surface area contributed by atoms with Gasteiger partial charge in [0.2, 0.25) is 0 Å². The quantitative estimate of drug-likeness (QED) is 0.558. The summed E-state index contributed by atoms with van der Waals surface area (Å²) >= 11 is 0. The van der Waals surface area contributed by atoms with Crippen LogP contribution in [0, 0.1) is 11.3 Å². The molecule has 0 saturated carbocycles. The summed E-state index contributed by atoms with van der Waals surface area (Å²) < 4.78 is 6.10. The number of aliphatic hydroxyl groups is 1. The zero-order valence-electron chi connectivity index (χ0n) is 15.1. The first-order chi connectivity index (χ1) is 13.0. The predicted octanol–water partition coefficient (Wildman–Crippen LogP) is 4.49. The van der Waals surface area contributed by atoms with Gasteiger partial charge in [0.15, 0.2) is 0 Å². The van der Waals surface area contributed by atoms with E-state index in [1.807, 2.05) is 55.5 Å². The van der Waals surface area contributed by atoms with Crippen molar-refractivity contribution in [2.45, 2.75) is 18.9 Å². The number of fused-ring (bicyclic) bond motifs is 2. The molecule has 0 radical (unpaired) electrons. The molecule has 2 aromatic carbocycles. The zero-order chi connectivity index (χ0) is 19.1. The number of nitrogens with one attached hydrogen (secondary N) is 1. The Bertz CT molecular complexity index is 1000. The summed E-state index contributed by atoms with van der Waals surface area (Å²) in [5.74, 6) is 1.33. The second kappa shape index (κ2) is 6.56. The van der Waals surface area contributed by atoms with Gasteiger partial charge in [-0.25, -0.2) is 0 Å². The normalized spacial score (nSPS) is 21.6. The average molecular weight is 358 g/mol. The van der Waals surface area contributed by atoms with E-state index in [0.29, 0.717) is 22.7 Å². The average Bonchev–Trinajstić information content (AvgIpc) is 2.65. The summed E-state index contributed by atoms with van der Waals surface area (Å²) in [6.07, 6.45) is 4.82. The van der Waals surface area contributed by atoms with Crippen molar-refractivity contribution in [2.24, 2.45) is 5.92 Å². The van der Waals surface area contributed by atoms with Crippen LogP contribution in [0.3, 0.4) is 0 Å². The van der Waals surface area contributed by atoms with Crippen molar-refractivity contribution in [3.05, 3.63) is 95.3 Å². The summed E-state index contributed by atoms with van der Waals surface area (Å²) in [5.41, 5.74) is 10.6. The number of anilines is 1. The molecule has 3 atom stereocenters. The maximum atomic E-state index is 10.7. The van der Waals surface area contributed by atoms with Crippen molar-refractivity contribution in [2.75, 3.05) is 5.73 Å². The second-order valence-corrected chi connectivity index (χ2v) is 7.14. The fraction of sp³-hybridized carbons (Fsp3) is 0.174. The van der Waals surface area contributed by atoms with Gasteiger partial charge in [0, 0.05) is 35.2 Å². The summed E-state index contributed by atoms with van der Waals surface area (Å²) in [5, 5.41) is 18.7. The fourth-order valence-electron chi connectivity index (χ4n) is 3.86. The van der Waals surface area contributed by atoms with Gasteiger partial charge in [0.1, 0.15) is 11.5 Å². The van der Waals surface area contributed by atoms with E-state index in [1.165, 1.54) is 0 Å². The number of rotatable bonds is 3. The lowest BCUT2D eigenvalue weighted by Crippen LogP contribution is -2.27. The van der Waals surface area contributed by atoms with Crippen LogP contribution in [0.1, 0.15) is 35.6 Å². The molecule has 0 aromatic heterocycles. The molecule has 4 N–H and O–H groups in total. The van der Waals surface area contributed by atoms with Gasteiger partial charge >= 0.3 is 0 Å². The van der Waals surface area contributed by atoms with Crippen LogP contribution in [0.5, 0.6) is 5.75 Å². The summed E-state index contributed by atoms with van der Waals surface area (Å²) in [7, 11) is 0. The Morgan fingerprint density at radius 3 is 2.78 bits per heavy atom. The summed E-state index contributed by atoms with van der Waals surface area (Å²) in [4.78, 5) is 0. The fourth-order valence-corrected chi connectivity index (χ4v) is 3.86. The number of hydrogen-bond donors (Lipinski definition) is 3. The molecule has 27 heavy (non-hydrogen) atoms. The van der Waals surface area contributed by atoms with Gasteiger partial charge in [0.25, 0.3) is 0 Å². The first kappa shape index (κ1) is 17.3. The van der Waals surface area contributed by atoms with E-state index >= 15 is 0 Å². The molecule has 0 fully saturated rings. The Kier molecular flexibility index (Phi) is 4.21. The van der Waals surface area contributed by atoms with Crippen LogP contribution in [0.4, 0.5) is 5.69 Å². The first-order valence-electron chi connectivity index (χ1n) is 8.93. The van der Waals surface area contributed by atoms with E-state index in [4.69, 9.17) is 15.9 Å². The Hall–Kier alpha value is -3.11. The van der Waals surface area contributed by atoms with Crippen molar-refractivity contribution in [3.8, 4) is 5.75 Å². The van der Waals surface area contributed by atoms with E-state index in [-0.39, 0.29) is 11.8 Å². The number of nitrogen functional groups attached to an aromatic ring is 1. The highest BCUT2D eigenvalue weighted by molar-refractivity contribution is 6.03. The largest absolute Gasteiger partial charge is 0.461 e. The van der Waals surface area contributed by atoms with Crippen molar-refractivity contribution < 1.29 is 9.84 Å². The lowest BCUT2D eigenvalue weighted by Gasteiger charge is -2.37. The van der Waals surface area contributed by atoms with Gasteiger partial charge in [-0.15, -0.1) is 0 Å². The molecule has 0 saturated heterocycles. The molecule has 1 heterocycles. The number of allylic oxidation sites excluding steroid dienone is 3. The Morgan fingerprint density at radius 2 is 2.00 bits per heavy atom. The molecule has 2 aliphatic rings. The van der Waals surface area contributed by atoms with Crippen LogP contribution < -0.4 is 10.5 Å². The molecule has 2 aromatic rings. The Labute approximate surface area is 158 Å². The molecular weight excluding hydrogens is 336 g/mol. The van der Waals surface area contributed by atoms with E-state index < -0.39 is 6.10 Å². The highest BCUT2D eigenvalue weighted by atomic mass is 16.5. The smallest absolute Gasteiger partial charge is 0.132 e. The second-order valence-electron chi connectivity index (χ2n) is 7.14. The molecule has 136 valence electrons. The van der Waals surface area contributed by atoms with Gasteiger partial charge in [-0.1, -0.05) is 43.0 Å². The van der Waals surface area contributed by atoms with Crippen molar-refractivity contribution in [3.63, 3.8) is 0 Å². The van der Waals surface area contributed by atoms with Crippen molar-refractivity contribution in [1.82, 2.24) is 0 Å². The molecule has 4 heteroatoms. The third-order valence-electron chi connectivity index (χ3n) is 5.16. The van der Waals surface area contributed by atoms with Gasteiger partial charge in [-0.3, -0.25) is 0 Å². The Morgan fingerprint density at radius 1 is 1.22 bits per heavy atom. The number of nitrogens with two attached hydrogens (primary N) is 1. The van der Waals surface area contributed by atoms with Crippen LogP contribution >= 0.6 is 0 Å². The standard InChI is InChI=1S/C23H22N2O2/c1-13(2)23(26)17-6-4-3-5-16(17)22-18-9-7-14(24)11-20(18)27-21-12-15(25)8-10-19(21)22/h3-12,18,22-24,26H,1,25H2,2H3. The van der Waals surface area contributed by atoms with Crippen LogP contribution in [-0.4, -0.2) is 10.8 Å². The third kappa shape index (κ3) is 2.98. The highest BCUT2D eigenvalue weighted by Crippen LogP contribution is 2.49. The van der Waals surface area contributed by atoms with Gasteiger partial charge in [0.05, 0.1) is 11.8 Å². The first-order valence-corrected chi connectivity index (χ1v) is 8.93. The molecule has 4 rings (SSSR count). The third-order valence-corrected chi connectivity index (χ3v) is 5.16. The predicted molar refractivity (Wildman–Crippen MR) is 108 cm³/mol. The molecule has 0 amide bonds.